The Labute approximate surface area is 72.5 Å². The van der Waals surface area contributed by atoms with Gasteiger partial charge in [-0.1, -0.05) is 29.5 Å². The van der Waals surface area contributed by atoms with Crippen LogP contribution in [0.4, 0.5) is 14.1 Å². The van der Waals surface area contributed by atoms with E-state index >= 15 is 0 Å². The van der Waals surface area contributed by atoms with Crippen LogP contribution in [0.5, 0.6) is 0 Å². The van der Waals surface area contributed by atoms with Crippen LogP contribution < -0.4 is 10.9 Å². The van der Waals surface area contributed by atoms with Crippen LogP contribution in [-0.2, 0) is 6.54 Å². The van der Waals surface area contributed by atoms with E-state index in [2.05, 4.69) is 24.3 Å². The zero-order valence-electron chi connectivity index (χ0n) is 6.82. The van der Waals surface area contributed by atoms with Crippen LogP contribution in [0.25, 0.3) is 0 Å². The topological polar surface area (TPSA) is 26.0 Å². The van der Waals surface area contributed by atoms with Crippen molar-refractivity contribution in [2.24, 2.45) is 5.73 Å². The first kappa shape index (κ1) is 17.3. The van der Waals surface area contributed by atoms with Crippen molar-refractivity contribution in [1.29, 1.82) is 0 Å². The second-order valence-electron chi connectivity index (χ2n) is 2.19. The van der Waals surface area contributed by atoms with E-state index in [0.29, 0.717) is 6.54 Å². The van der Waals surface area contributed by atoms with Gasteiger partial charge in [0, 0.05) is 16.8 Å². The van der Waals surface area contributed by atoms with Crippen LogP contribution in [-0.4, -0.2) is 10.2 Å². The van der Waals surface area contributed by atoms with Crippen molar-refractivity contribution in [2.45, 2.75) is 6.54 Å². The largest absolute Gasteiger partial charge is 0.326 e. The molecule has 0 amide bonds. The molecule has 0 saturated carbocycles. The second-order valence-corrected chi connectivity index (χ2v) is 3.34. The molecule has 0 fully saturated rings. The van der Waals surface area contributed by atoms with Gasteiger partial charge in [0.05, 0.1) is 0 Å². The molecule has 0 saturated heterocycles. The summed E-state index contributed by atoms with van der Waals surface area (Å²) in [4.78, 5) is 0. The monoisotopic (exact) mass is 197 g/mol. The van der Waals surface area contributed by atoms with Crippen molar-refractivity contribution in [2.75, 3.05) is 0 Å². The predicted octanol–water partition coefficient (Wildman–Crippen LogP) is -0.406. The van der Waals surface area contributed by atoms with Gasteiger partial charge in [-0.3, -0.25) is 14.1 Å². The van der Waals surface area contributed by atoms with E-state index in [-0.39, 0.29) is 14.1 Å². The van der Waals surface area contributed by atoms with Gasteiger partial charge in [0.25, 0.3) is 0 Å². The first-order chi connectivity index (χ1) is 4.33. The highest BCUT2D eigenvalue weighted by molar-refractivity contribution is 6.32. The van der Waals surface area contributed by atoms with Crippen LogP contribution in [0.2, 0.25) is 0 Å². The van der Waals surface area contributed by atoms with E-state index in [4.69, 9.17) is 5.73 Å². The van der Waals surface area contributed by atoms with E-state index in [1.807, 2.05) is 0 Å². The third kappa shape index (κ3) is 4.92. The molecule has 12 heavy (non-hydrogen) atoms. The highest BCUT2D eigenvalue weighted by Crippen LogP contribution is 1.92. The number of hydrogen-bond acceptors (Lipinski definition) is 1. The molecule has 72 valence electrons. The van der Waals surface area contributed by atoms with E-state index in [1.54, 1.807) is 0 Å². The maximum absolute atomic E-state index is 5.41. The molecule has 0 unspecified atom stereocenters. The summed E-state index contributed by atoms with van der Waals surface area (Å²) in [6.07, 6.45) is 0. The fourth-order valence-corrected chi connectivity index (χ4v) is 1.06. The summed E-state index contributed by atoms with van der Waals surface area (Å²) in [5.41, 5.74) is 6.63. The lowest BCUT2D eigenvalue weighted by Crippen LogP contribution is -2.02. The number of benzene rings is 1. The molecule has 1 nitrogen and oxygen atoms in total. The van der Waals surface area contributed by atoms with Gasteiger partial charge in [0.2, 0.25) is 0 Å². The second kappa shape index (κ2) is 8.29. The van der Waals surface area contributed by atoms with Crippen molar-refractivity contribution in [3.63, 3.8) is 0 Å². The minimum absolute atomic E-state index is 0. The number of hydrogen-bond donors (Lipinski definition) is 1. The summed E-state index contributed by atoms with van der Waals surface area (Å²) in [6, 6.07) is 8.44. The predicted molar refractivity (Wildman–Crippen MR) is 51.4 cm³/mol. The lowest BCUT2D eigenvalue weighted by Gasteiger charge is -1.94. The molecule has 0 aliphatic rings. The van der Waals surface area contributed by atoms with Crippen LogP contribution >= 0.6 is 0 Å². The average Bonchev–Trinajstić information content (AvgIpc) is 1.90. The van der Waals surface area contributed by atoms with Gasteiger partial charge in [-0.25, -0.2) is 0 Å². The van der Waals surface area contributed by atoms with E-state index in [0.717, 1.165) is 10.2 Å². The van der Waals surface area contributed by atoms with Crippen LogP contribution in [0, 0.1) is 0 Å². The third-order valence-electron chi connectivity index (χ3n) is 1.36. The smallest absolute Gasteiger partial charge is 0.0384 e. The first-order valence-electron chi connectivity index (χ1n) is 3.08. The summed E-state index contributed by atoms with van der Waals surface area (Å²) in [5.74, 6) is 0. The molecule has 2 N–H and O–H groups in total. The SMILES string of the molecule is F.F.F.NCc1ccc([SiH3])cc1. The molecule has 0 spiro atoms. The molecule has 0 atom stereocenters. The standard InChI is InChI=1S/C7H11NSi.3FH/c8-5-6-1-3-7(9)4-2-6;;;/h1-4H,5,8H2,9H3;3*1H. The fraction of sp³-hybridized carbons (Fsp3) is 0.143. The molecule has 0 heterocycles. The summed E-state index contributed by atoms with van der Waals surface area (Å²) >= 11 is 0. The van der Waals surface area contributed by atoms with Gasteiger partial charge in [-0.05, 0) is 5.56 Å². The summed E-state index contributed by atoms with van der Waals surface area (Å²) in [5, 5.41) is 1.42. The molecule has 5 heteroatoms. The van der Waals surface area contributed by atoms with Gasteiger partial charge in [0.15, 0.2) is 0 Å². The molecular weight excluding hydrogens is 183 g/mol. The molecule has 1 rings (SSSR count). The van der Waals surface area contributed by atoms with Crippen molar-refractivity contribution >= 4 is 15.4 Å². The van der Waals surface area contributed by atoms with Crippen molar-refractivity contribution < 1.29 is 14.1 Å². The quantitative estimate of drug-likeness (QED) is 0.609. The van der Waals surface area contributed by atoms with Crippen molar-refractivity contribution in [3.8, 4) is 0 Å². The minimum Gasteiger partial charge on any atom is -0.326 e. The van der Waals surface area contributed by atoms with Gasteiger partial charge in [0.1, 0.15) is 0 Å². The summed E-state index contributed by atoms with van der Waals surface area (Å²) in [7, 11) is 1.13. The number of halogens is 3. The Morgan fingerprint density at radius 2 is 1.42 bits per heavy atom. The van der Waals surface area contributed by atoms with Gasteiger partial charge in [-0.2, -0.15) is 0 Å². The lowest BCUT2D eigenvalue weighted by atomic mass is 10.2. The van der Waals surface area contributed by atoms with Crippen molar-refractivity contribution in [1.82, 2.24) is 0 Å². The zero-order valence-corrected chi connectivity index (χ0v) is 8.82. The lowest BCUT2D eigenvalue weighted by molar-refractivity contribution is 1.07. The zero-order chi connectivity index (χ0) is 6.69. The maximum atomic E-state index is 5.41. The van der Waals surface area contributed by atoms with Crippen molar-refractivity contribution in [3.05, 3.63) is 29.8 Å². The third-order valence-corrected chi connectivity index (χ3v) is 2.02. The highest BCUT2D eigenvalue weighted by atomic mass is 28.1. The average molecular weight is 197 g/mol. The number of rotatable bonds is 1. The summed E-state index contributed by atoms with van der Waals surface area (Å²) < 4.78 is 0. The Morgan fingerprint density at radius 1 is 1.00 bits per heavy atom. The Morgan fingerprint density at radius 3 is 1.75 bits per heavy atom. The minimum atomic E-state index is 0. The van der Waals surface area contributed by atoms with Gasteiger partial charge in [-0.15, -0.1) is 0 Å². The van der Waals surface area contributed by atoms with Crippen LogP contribution in [0.3, 0.4) is 0 Å². The van der Waals surface area contributed by atoms with Crippen LogP contribution in [0.1, 0.15) is 5.56 Å². The van der Waals surface area contributed by atoms with Crippen LogP contribution in [0.15, 0.2) is 24.3 Å². The highest BCUT2D eigenvalue weighted by Gasteiger charge is 1.84. The van der Waals surface area contributed by atoms with E-state index in [9.17, 15) is 0 Å². The Balaban J connectivity index is -0.000000270. The van der Waals surface area contributed by atoms with Gasteiger partial charge >= 0.3 is 0 Å². The van der Waals surface area contributed by atoms with E-state index in [1.165, 1.54) is 10.8 Å². The first-order valence-corrected chi connectivity index (χ1v) is 4.08. The molecule has 1 aromatic carbocycles. The molecular formula is C7H14F3NSi. The van der Waals surface area contributed by atoms with Gasteiger partial charge < -0.3 is 5.73 Å². The molecule has 0 aliphatic carbocycles. The Bertz CT molecular complexity index is 190. The molecule has 0 bridgehead atoms. The summed E-state index contributed by atoms with van der Waals surface area (Å²) in [6.45, 7) is 0.655. The fourth-order valence-electron chi connectivity index (χ4n) is 0.724. The molecule has 0 aromatic heterocycles. The Kier molecular flexibility index (Phi) is 12.0. The molecule has 1 aromatic rings. The number of nitrogens with two attached hydrogens (primary N) is 1. The maximum Gasteiger partial charge on any atom is 0.0384 e. The molecule has 0 radical (unpaired) electrons. The normalized spacial score (nSPS) is 7.42. The molecule has 0 aliphatic heterocycles. The van der Waals surface area contributed by atoms with E-state index < -0.39 is 0 Å². The Hall–Kier alpha value is -0.813.